The van der Waals surface area contributed by atoms with Gasteiger partial charge in [-0.15, -0.1) is 4.40 Å². The standard InChI is InChI=1S/C14H18N2O3S/c1-4-16(5-2)14-10(3)13(17)11-8-6-7-9-12(11)20(18,19)15-14/h6-10H,4-5H2,1-3H3. The zero-order valence-corrected chi connectivity index (χ0v) is 12.6. The third kappa shape index (κ3) is 2.35. The summed E-state index contributed by atoms with van der Waals surface area (Å²) in [5.41, 5.74) is 0.228. The molecule has 0 amide bonds. The second-order valence-corrected chi connectivity index (χ2v) is 6.25. The number of rotatable bonds is 2. The van der Waals surface area contributed by atoms with E-state index in [1.165, 1.54) is 6.07 Å². The van der Waals surface area contributed by atoms with Gasteiger partial charge in [-0.05, 0) is 32.9 Å². The Hall–Kier alpha value is -1.69. The number of Topliss-reactive ketones (excluding diaryl/α,β-unsaturated/α-hetero) is 1. The zero-order chi connectivity index (χ0) is 14.9. The lowest BCUT2D eigenvalue weighted by atomic mass is 9.97. The molecule has 1 aliphatic rings. The molecule has 0 saturated carbocycles. The first-order valence-corrected chi connectivity index (χ1v) is 8.09. The van der Waals surface area contributed by atoms with Crippen LogP contribution in [0.3, 0.4) is 0 Å². The van der Waals surface area contributed by atoms with Crippen LogP contribution in [0.5, 0.6) is 0 Å². The van der Waals surface area contributed by atoms with Crippen LogP contribution < -0.4 is 0 Å². The highest BCUT2D eigenvalue weighted by atomic mass is 32.2. The minimum atomic E-state index is -3.83. The first-order valence-electron chi connectivity index (χ1n) is 6.65. The molecule has 0 fully saturated rings. The van der Waals surface area contributed by atoms with Gasteiger partial charge in [-0.25, -0.2) is 0 Å². The number of hydrogen-bond donors (Lipinski definition) is 0. The van der Waals surface area contributed by atoms with Gasteiger partial charge in [0, 0.05) is 18.7 Å². The molecule has 0 bridgehead atoms. The minimum Gasteiger partial charge on any atom is -0.359 e. The monoisotopic (exact) mass is 294 g/mol. The Kier molecular flexibility index (Phi) is 3.94. The molecule has 108 valence electrons. The van der Waals surface area contributed by atoms with E-state index in [-0.39, 0.29) is 16.2 Å². The number of carbonyl (C=O) groups is 1. The molecule has 0 radical (unpaired) electrons. The Morgan fingerprint density at radius 2 is 1.80 bits per heavy atom. The third-order valence-corrected chi connectivity index (χ3v) is 4.85. The molecule has 20 heavy (non-hydrogen) atoms. The second kappa shape index (κ2) is 5.36. The first-order chi connectivity index (χ1) is 9.42. The van der Waals surface area contributed by atoms with Crippen molar-refractivity contribution < 1.29 is 13.2 Å². The van der Waals surface area contributed by atoms with Crippen molar-refractivity contribution in [3.63, 3.8) is 0 Å². The Morgan fingerprint density at radius 1 is 1.20 bits per heavy atom. The highest BCUT2D eigenvalue weighted by molar-refractivity contribution is 7.90. The topological polar surface area (TPSA) is 66.8 Å². The lowest BCUT2D eigenvalue weighted by Gasteiger charge is -2.25. The molecular formula is C14H18N2O3S. The molecule has 6 heteroatoms. The van der Waals surface area contributed by atoms with E-state index >= 15 is 0 Å². The molecule has 1 aromatic rings. The van der Waals surface area contributed by atoms with Crippen LogP contribution in [-0.4, -0.2) is 38.0 Å². The summed E-state index contributed by atoms with van der Waals surface area (Å²) in [5.74, 6) is -0.433. The Morgan fingerprint density at radius 3 is 2.40 bits per heavy atom. The number of nitrogens with zero attached hydrogens (tertiary/aromatic N) is 2. The molecule has 1 aromatic carbocycles. The van der Waals surface area contributed by atoms with Gasteiger partial charge >= 0.3 is 0 Å². The van der Waals surface area contributed by atoms with E-state index in [0.29, 0.717) is 18.9 Å². The maximum atomic E-state index is 12.5. The van der Waals surface area contributed by atoms with Crippen molar-refractivity contribution in [1.82, 2.24) is 4.90 Å². The van der Waals surface area contributed by atoms with Crippen molar-refractivity contribution in [3.05, 3.63) is 29.8 Å². The summed E-state index contributed by atoms with van der Waals surface area (Å²) in [5, 5.41) is 0. The molecule has 1 aliphatic heterocycles. The van der Waals surface area contributed by atoms with Crippen molar-refractivity contribution in [3.8, 4) is 0 Å². The number of carbonyl (C=O) groups excluding carboxylic acids is 1. The van der Waals surface area contributed by atoms with Crippen LogP contribution in [0.1, 0.15) is 31.1 Å². The van der Waals surface area contributed by atoms with Crippen molar-refractivity contribution in [2.45, 2.75) is 25.7 Å². The van der Waals surface area contributed by atoms with Gasteiger partial charge in [-0.2, -0.15) is 8.42 Å². The van der Waals surface area contributed by atoms with Crippen LogP contribution in [0.4, 0.5) is 0 Å². The maximum absolute atomic E-state index is 12.5. The fourth-order valence-corrected chi connectivity index (χ4v) is 3.69. The molecule has 1 unspecified atom stereocenters. The molecule has 1 atom stereocenters. The molecule has 0 N–H and O–H groups in total. The largest absolute Gasteiger partial charge is 0.359 e. The highest BCUT2D eigenvalue weighted by Gasteiger charge is 2.34. The van der Waals surface area contributed by atoms with Crippen LogP contribution >= 0.6 is 0 Å². The lowest BCUT2D eigenvalue weighted by Crippen LogP contribution is -2.37. The summed E-state index contributed by atoms with van der Waals surface area (Å²) in [6.07, 6.45) is 0. The summed E-state index contributed by atoms with van der Waals surface area (Å²) >= 11 is 0. The summed E-state index contributed by atoms with van der Waals surface area (Å²) in [4.78, 5) is 14.3. The van der Waals surface area contributed by atoms with E-state index in [0.717, 1.165) is 0 Å². The summed E-state index contributed by atoms with van der Waals surface area (Å²) in [6.45, 7) is 6.75. The van der Waals surface area contributed by atoms with Gasteiger partial charge in [0.25, 0.3) is 10.0 Å². The van der Waals surface area contributed by atoms with Gasteiger partial charge in [0.2, 0.25) is 0 Å². The fourth-order valence-electron chi connectivity index (χ4n) is 2.38. The van der Waals surface area contributed by atoms with Crippen LogP contribution in [0.2, 0.25) is 0 Å². The van der Waals surface area contributed by atoms with E-state index in [4.69, 9.17) is 0 Å². The number of sulfonamides is 1. The van der Waals surface area contributed by atoms with Crippen LogP contribution in [-0.2, 0) is 10.0 Å². The average molecular weight is 294 g/mol. The number of ketones is 1. The predicted octanol–water partition coefficient (Wildman–Crippen LogP) is 1.95. The van der Waals surface area contributed by atoms with E-state index in [2.05, 4.69) is 4.40 Å². The summed E-state index contributed by atoms with van der Waals surface area (Å²) < 4.78 is 28.6. The predicted molar refractivity (Wildman–Crippen MR) is 77.5 cm³/mol. The SMILES string of the molecule is CCN(CC)C1=NS(=O)(=O)c2ccccc2C(=O)C1C. The molecule has 2 rings (SSSR count). The van der Waals surface area contributed by atoms with Gasteiger partial charge in [-0.1, -0.05) is 12.1 Å². The number of hydrogen-bond acceptors (Lipinski definition) is 4. The molecule has 0 aliphatic carbocycles. The van der Waals surface area contributed by atoms with Crippen LogP contribution in [0.15, 0.2) is 33.6 Å². The molecule has 0 spiro atoms. The third-order valence-electron chi connectivity index (χ3n) is 3.51. The van der Waals surface area contributed by atoms with Gasteiger partial charge < -0.3 is 4.90 Å². The van der Waals surface area contributed by atoms with E-state index in [9.17, 15) is 13.2 Å². The fraction of sp³-hybridized carbons (Fsp3) is 0.429. The smallest absolute Gasteiger partial charge is 0.284 e. The van der Waals surface area contributed by atoms with Gasteiger partial charge in [0.15, 0.2) is 5.78 Å². The number of fused-ring (bicyclic) bond motifs is 1. The molecule has 0 aromatic heterocycles. The normalized spacial score (nSPS) is 20.9. The molecule has 1 heterocycles. The molecule has 0 saturated heterocycles. The van der Waals surface area contributed by atoms with Crippen molar-refractivity contribution in [1.29, 1.82) is 0 Å². The summed E-state index contributed by atoms with van der Waals surface area (Å²) in [7, 11) is -3.83. The lowest BCUT2D eigenvalue weighted by molar-refractivity contribution is 0.0953. The highest BCUT2D eigenvalue weighted by Crippen LogP contribution is 2.26. The van der Waals surface area contributed by atoms with Crippen molar-refractivity contribution in [2.75, 3.05) is 13.1 Å². The maximum Gasteiger partial charge on any atom is 0.284 e. The molecular weight excluding hydrogens is 276 g/mol. The Labute approximate surface area is 119 Å². The van der Waals surface area contributed by atoms with Gasteiger partial charge in [0.05, 0.1) is 5.92 Å². The second-order valence-electron chi connectivity index (χ2n) is 4.68. The quantitative estimate of drug-likeness (QED) is 0.836. The molecule has 5 nitrogen and oxygen atoms in total. The number of amidine groups is 1. The minimum absolute atomic E-state index is 0.000920. The van der Waals surface area contributed by atoms with Crippen LogP contribution in [0, 0.1) is 5.92 Å². The van der Waals surface area contributed by atoms with E-state index in [1.807, 2.05) is 18.7 Å². The van der Waals surface area contributed by atoms with Crippen molar-refractivity contribution >= 4 is 21.6 Å². The first kappa shape index (κ1) is 14.7. The Bertz CT molecular complexity index is 661. The van der Waals surface area contributed by atoms with Gasteiger partial charge in [-0.3, -0.25) is 4.79 Å². The van der Waals surface area contributed by atoms with Gasteiger partial charge in [0.1, 0.15) is 10.7 Å². The Balaban J connectivity index is 2.68. The van der Waals surface area contributed by atoms with Crippen LogP contribution in [0.25, 0.3) is 0 Å². The average Bonchev–Trinajstić information content (AvgIpc) is 2.51. The summed E-state index contributed by atoms with van der Waals surface area (Å²) in [6, 6.07) is 6.25. The zero-order valence-electron chi connectivity index (χ0n) is 11.8. The van der Waals surface area contributed by atoms with Crippen molar-refractivity contribution in [2.24, 2.45) is 10.3 Å². The van der Waals surface area contributed by atoms with E-state index in [1.54, 1.807) is 25.1 Å². The number of benzene rings is 1. The van der Waals surface area contributed by atoms with E-state index < -0.39 is 15.9 Å².